The summed E-state index contributed by atoms with van der Waals surface area (Å²) in [4.78, 5) is 21.0. The van der Waals surface area contributed by atoms with Crippen molar-refractivity contribution in [1.29, 1.82) is 0 Å². The number of ether oxygens (including phenoxy) is 2. The van der Waals surface area contributed by atoms with Crippen LogP contribution in [0.1, 0.15) is 71.6 Å². The van der Waals surface area contributed by atoms with Crippen LogP contribution < -0.4 is 11.1 Å². The summed E-state index contributed by atoms with van der Waals surface area (Å²) >= 11 is 0. The second-order valence-corrected chi connectivity index (χ2v) is 6.49. The lowest BCUT2D eigenvalue weighted by Crippen LogP contribution is -2.28. The highest BCUT2D eigenvalue weighted by atomic mass is 16.5. The van der Waals surface area contributed by atoms with Gasteiger partial charge in [-0.25, -0.2) is 4.79 Å². The molecule has 6 heteroatoms. The largest absolute Gasteiger partial charge is 0.466 e. The lowest BCUT2D eigenvalue weighted by atomic mass is 10.2. The van der Waals surface area contributed by atoms with Gasteiger partial charge in [0.2, 0.25) is 0 Å². The van der Waals surface area contributed by atoms with E-state index in [0.29, 0.717) is 31.7 Å². The minimum Gasteiger partial charge on any atom is -0.466 e. The molecule has 26 heavy (non-hydrogen) atoms. The van der Waals surface area contributed by atoms with Crippen LogP contribution in [0, 0.1) is 0 Å². The summed E-state index contributed by atoms with van der Waals surface area (Å²) in [7, 11) is 0. The molecule has 2 fully saturated rings. The minimum absolute atomic E-state index is 0.0898. The zero-order valence-electron chi connectivity index (χ0n) is 16.6. The second kappa shape index (κ2) is 17.0. The van der Waals surface area contributed by atoms with Gasteiger partial charge >= 0.3 is 11.9 Å². The molecule has 0 aromatic carbocycles. The van der Waals surface area contributed by atoms with Crippen LogP contribution in [0.15, 0.2) is 12.7 Å². The Bertz CT molecular complexity index is 376. The molecule has 3 N–H and O–H groups in total. The van der Waals surface area contributed by atoms with Crippen molar-refractivity contribution in [3.8, 4) is 0 Å². The van der Waals surface area contributed by atoms with Gasteiger partial charge in [-0.05, 0) is 39.5 Å². The van der Waals surface area contributed by atoms with E-state index in [0.717, 1.165) is 12.6 Å². The average molecular weight is 371 g/mol. The van der Waals surface area contributed by atoms with Crippen molar-refractivity contribution in [1.82, 2.24) is 5.32 Å². The second-order valence-electron chi connectivity index (χ2n) is 6.49. The van der Waals surface area contributed by atoms with E-state index < -0.39 is 0 Å². The van der Waals surface area contributed by atoms with Gasteiger partial charge in [-0.15, -0.1) is 0 Å². The molecule has 2 aliphatic rings. The molecule has 0 amide bonds. The Kier molecular flexibility index (Phi) is 16.1. The fourth-order valence-electron chi connectivity index (χ4n) is 2.90. The molecule has 2 rings (SSSR count). The number of rotatable bonds is 7. The molecule has 0 spiro atoms. The van der Waals surface area contributed by atoms with Crippen LogP contribution in [0.25, 0.3) is 0 Å². The molecule has 2 aliphatic carbocycles. The quantitative estimate of drug-likeness (QED) is 0.529. The Labute approximate surface area is 158 Å². The molecule has 0 heterocycles. The summed E-state index contributed by atoms with van der Waals surface area (Å²) in [6, 6.07) is 1.19. The number of carbonyl (C=O) groups is 2. The molecule has 152 valence electrons. The highest BCUT2D eigenvalue weighted by molar-refractivity contribution is 5.81. The van der Waals surface area contributed by atoms with Gasteiger partial charge in [0.1, 0.15) is 0 Å². The summed E-state index contributed by atoms with van der Waals surface area (Å²) < 4.78 is 9.26. The molecule has 0 radical (unpaired) electrons. The first-order valence-electron chi connectivity index (χ1n) is 9.97. The molecule has 0 aromatic heterocycles. The number of hydrogen-bond donors (Lipinski definition) is 2. The summed E-state index contributed by atoms with van der Waals surface area (Å²) in [5.74, 6) is -0.449. The Morgan fingerprint density at radius 3 is 1.96 bits per heavy atom. The predicted molar refractivity (Wildman–Crippen MR) is 105 cm³/mol. The van der Waals surface area contributed by atoms with E-state index in [-0.39, 0.29) is 11.9 Å². The van der Waals surface area contributed by atoms with Crippen molar-refractivity contribution in [3.63, 3.8) is 0 Å². The molecular weight excluding hydrogens is 332 g/mol. The van der Waals surface area contributed by atoms with Crippen molar-refractivity contribution in [3.05, 3.63) is 12.7 Å². The topological polar surface area (TPSA) is 90.6 Å². The predicted octanol–water partition coefficient (Wildman–Crippen LogP) is 3.10. The van der Waals surface area contributed by atoms with Gasteiger partial charge in [-0.3, -0.25) is 4.79 Å². The van der Waals surface area contributed by atoms with Crippen molar-refractivity contribution in [2.24, 2.45) is 5.73 Å². The van der Waals surface area contributed by atoms with E-state index in [1.165, 1.54) is 51.4 Å². The van der Waals surface area contributed by atoms with E-state index in [9.17, 15) is 9.59 Å². The van der Waals surface area contributed by atoms with E-state index in [4.69, 9.17) is 10.5 Å². The third-order valence-corrected chi connectivity index (χ3v) is 4.28. The number of carbonyl (C=O) groups excluding carboxylic acids is 2. The van der Waals surface area contributed by atoms with E-state index in [1.807, 2.05) is 6.92 Å². The number of esters is 2. The standard InChI is InChI=1S/C10H19NO2.C5H11N.C5H8O2/c1-2-13-10(12)7-8-11-9-5-3-4-6-9;6-5-3-1-2-4-5;1-3-5(6)7-4-2/h9,11H,2-8H2,1H3;5H,1-4,6H2;3H,1,4H2,2H3. The number of nitrogens with one attached hydrogen (secondary N) is 1. The van der Waals surface area contributed by atoms with E-state index in [1.54, 1.807) is 6.92 Å². The summed E-state index contributed by atoms with van der Waals surface area (Å²) in [6.07, 6.45) is 12.1. The lowest BCUT2D eigenvalue weighted by molar-refractivity contribution is -0.143. The molecule has 0 aliphatic heterocycles. The first-order valence-corrected chi connectivity index (χ1v) is 9.97. The molecule has 0 atom stereocenters. The summed E-state index contributed by atoms with van der Waals surface area (Å²) in [5, 5.41) is 3.37. The smallest absolute Gasteiger partial charge is 0.330 e. The summed E-state index contributed by atoms with van der Waals surface area (Å²) in [5.41, 5.74) is 5.53. The van der Waals surface area contributed by atoms with E-state index in [2.05, 4.69) is 16.6 Å². The van der Waals surface area contributed by atoms with Crippen LogP contribution in [0.5, 0.6) is 0 Å². The zero-order valence-corrected chi connectivity index (χ0v) is 16.6. The van der Waals surface area contributed by atoms with Crippen LogP contribution in [-0.4, -0.2) is 43.8 Å². The highest BCUT2D eigenvalue weighted by Crippen LogP contribution is 2.17. The van der Waals surface area contributed by atoms with Crippen LogP contribution in [0.4, 0.5) is 0 Å². The molecular formula is C20H38N2O4. The Morgan fingerprint density at radius 2 is 1.58 bits per heavy atom. The van der Waals surface area contributed by atoms with Crippen LogP contribution in [0.3, 0.4) is 0 Å². The van der Waals surface area contributed by atoms with Crippen molar-refractivity contribution >= 4 is 11.9 Å². The maximum absolute atomic E-state index is 11.0. The molecule has 0 aromatic rings. The molecule has 6 nitrogen and oxygen atoms in total. The number of hydrogen-bond acceptors (Lipinski definition) is 6. The normalized spacial score (nSPS) is 16.7. The maximum Gasteiger partial charge on any atom is 0.330 e. The number of nitrogens with two attached hydrogens (primary N) is 1. The zero-order chi connectivity index (χ0) is 19.6. The van der Waals surface area contributed by atoms with Crippen LogP contribution in [-0.2, 0) is 19.1 Å². The van der Waals surface area contributed by atoms with Gasteiger partial charge in [-0.1, -0.05) is 32.3 Å². The first kappa shape index (κ1) is 24.6. The monoisotopic (exact) mass is 370 g/mol. The van der Waals surface area contributed by atoms with Crippen molar-refractivity contribution in [2.45, 2.75) is 83.7 Å². The van der Waals surface area contributed by atoms with Crippen molar-refractivity contribution in [2.75, 3.05) is 19.8 Å². The SMILES string of the molecule is C=CC(=O)OCC.CCOC(=O)CCNC1CCCC1.NC1CCCC1. The Hall–Kier alpha value is -1.40. The van der Waals surface area contributed by atoms with Gasteiger partial charge < -0.3 is 20.5 Å². The average Bonchev–Trinajstić information content (AvgIpc) is 3.30. The highest BCUT2D eigenvalue weighted by Gasteiger charge is 2.14. The minimum atomic E-state index is -0.359. The third-order valence-electron chi connectivity index (χ3n) is 4.28. The van der Waals surface area contributed by atoms with Crippen LogP contribution >= 0.6 is 0 Å². The third kappa shape index (κ3) is 14.9. The Morgan fingerprint density at radius 1 is 1.04 bits per heavy atom. The van der Waals surface area contributed by atoms with Gasteiger partial charge in [0, 0.05) is 24.7 Å². The fraction of sp³-hybridized carbons (Fsp3) is 0.800. The molecule has 0 unspecified atom stereocenters. The summed E-state index contributed by atoms with van der Waals surface area (Å²) in [6.45, 7) is 8.47. The first-order chi connectivity index (χ1) is 12.5. The van der Waals surface area contributed by atoms with Gasteiger partial charge in [-0.2, -0.15) is 0 Å². The molecule has 0 bridgehead atoms. The molecule has 0 saturated heterocycles. The Balaban J connectivity index is 0.000000404. The lowest BCUT2D eigenvalue weighted by Gasteiger charge is -2.10. The van der Waals surface area contributed by atoms with Crippen LogP contribution in [0.2, 0.25) is 0 Å². The van der Waals surface area contributed by atoms with Gasteiger partial charge in [0.15, 0.2) is 0 Å². The fourth-order valence-corrected chi connectivity index (χ4v) is 2.90. The van der Waals surface area contributed by atoms with Crippen molar-refractivity contribution < 1.29 is 19.1 Å². The molecule has 2 saturated carbocycles. The maximum atomic E-state index is 11.0. The van der Waals surface area contributed by atoms with Gasteiger partial charge in [0.25, 0.3) is 0 Å². The van der Waals surface area contributed by atoms with Gasteiger partial charge in [0.05, 0.1) is 19.6 Å². The van der Waals surface area contributed by atoms with E-state index >= 15 is 0 Å².